The molecule has 0 aromatic heterocycles. The Morgan fingerprint density at radius 2 is 1.70 bits per heavy atom. The van der Waals surface area contributed by atoms with E-state index >= 15 is 0 Å². The van der Waals surface area contributed by atoms with Crippen LogP contribution in [0.2, 0.25) is 0 Å². The van der Waals surface area contributed by atoms with E-state index < -0.39 is 81.4 Å². The summed E-state index contributed by atoms with van der Waals surface area (Å²) in [4.78, 5) is 67.3. The van der Waals surface area contributed by atoms with Crippen LogP contribution < -0.4 is 21.3 Å². The third-order valence-electron chi connectivity index (χ3n) is 9.03. The molecule has 3 aliphatic carbocycles. The van der Waals surface area contributed by atoms with Crippen LogP contribution in [0, 0.1) is 17.7 Å². The molecule has 4 atom stereocenters. The quantitative estimate of drug-likeness (QED) is 0.136. The predicted molar refractivity (Wildman–Crippen MR) is 168 cm³/mol. The summed E-state index contributed by atoms with van der Waals surface area (Å²) in [6.07, 6.45) is -0.0345. The van der Waals surface area contributed by atoms with Crippen LogP contribution in [0.3, 0.4) is 0 Å². The maximum atomic E-state index is 14.1. The van der Waals surface area contributed by atoms with E-state index in [-0.39, 0.29) is 40.9 Å². The van der Waals surface area contributed by atoms with Gasteiger partial charge in [-0.25, -0.2) is 9.18 Å². The standard InChI is InChI=1S/C32H34FN5O9/c1-12(39)15-10-14(6-7-18(15)33)35-31(46)36-19-11-20(37(2)3)16-8-13-9-17-24(38(4)5)27(42)23(30(34)45)29(44)32(17,47)28(43)21(13)26(41)22(16)25(19)40/h6-7,10-11,13,17,24,40-41,44,47H,8-9H2,1-5H3,(H2,34,45)(H2,35,36,46). The van der Waals surface area contributed by atoms with E-state index in [1.807, 2.05) is 0 Å². The first-order chi connectivity index (χ1) is 21.9. The second-order valence-corrected chi connectivity index (χ2v) is 12.3. The monoisotopic (exact) mass is 651 g/mol. The number of carbonyl (C=O) groups excluding carboxylic acids is 5. The lowest BCUT2D eigenvalue weighted by molar-refractivity contribution is -0.153. The first-order valence-corrected chi connectivity index (χ1v) is 14.5. The topological polar surface area (TPSA) is 223 Å². The number of anilines is 3. The van der Waals surface area contributed by atoms with Gasteiger partial charge in [-0.05, 0) is 69.6 Å². The molecule has 3 aliphatic rings. The molecule has 2 aromatic carbocycles. The van der Waals surface area contributed by atoms with Crippen LogP contribution in [-0.2, 0) is 20.8 Å². The summed E-state index contributed by atoms with van der Waals surface area (Å²) in [7, 11) is 6.38. The van der Waals surface area contributed by atoms with Gasteiger partial charge in [0.05, 0.1) is 22.9 Å². The Kier molecular flexibility index (Phi) is 8.10. The Balaban J connectivity index is 1.61. The van der Waals surface area contributed by atoms with Crippen molar-refractivity contribution < 1.29 is 48.8 Å². The number of nitrogens with two attached hydrogens (primary N) is 1. The fraction of sp³-hybridized carbons (Fsp3) is 0.344. The molecular formula is C32H34FN5O9. The summed E-state index contributed by atoms with van der Waals surface area (Å²) in [5.41, 5.74) is 1.56. The number of aliphatic hydroxyl groups is 3. The van der Waals surface area contributed by atoms with Gasteiger partial charge in [0.1, 0.15) is 22.9 Å². The number of phenols is 1. The van der Waals surface area contributed by atoms with Crippen molar-refractivity contribution in [1.29, 1.82) is 0 Å². The van der Waals surface area contributed by atoms with Crippen molar-refractivity contribution in [3.8, 4) is 5.75 Å². The Hall–Kier alpha value is -5.28. The predicted octanol–water partition coefficient (Wildman–Crippen LogP) is 2.02. The number of Topliss-reactive ketones (excluding diaryl/α,β-unsaturated/α-hetero) is 3. The van der Waals surface area contributed by atoms with E-state index in [1.165, 1.54) is 38.1 Å². The molecule has 0 radical (unpaired) electrons. The summed E-state index contributed by atoms with van der Waals surface area (Å²) in [6, 6.07) is 2.72. The molecule has 0 heterocycles. The molecule has 4 unspecified atom stereocenters. The van der Waals surface area contributed by atoms with Crippen LogP contribution in [0.15, 0.2) is 41.2 Å². The Bertz CT molecular complexity index is 1850. The van der Waals surface area contributed by atoms with Gasteiger partial charge in [-0.3, -0.25) is 24.1 Å². The fourth-order valence-corrected chi connectivity index (χ4v) is 6.94. The van der Waals surface area contributed by atoms with Gasteiger partial charge in [-0.2, -0.15) is 0 Å². The minimum atomic E-state index is -2.80. The number of halogens is 1. The minimum absolute atomic E-state index is 0.0471. The Morgan fingerprint density at radius 3 is 2.28 bits per heavy atom. The number of nitrogens with zero attached hydrogens (tertiary/aromatic N) is 2. The van der Waals surface area contributed by atoms with E-state index in [0.29, 0.717) is 11.3 Å². The number of hydrogen-bond donors (Lipinski definition) is 7. The van der Waals surface area contributed by atoms with Gasteiger partial charge in [-0.1, -0.05) is 0 Å². The van der Waals surface area contributed by atoms with E-state index in [1.54, 1.807) is 19.0 Å². The summed E-state index contributed by atoms with van der Waals surface area (Å²) in [6.45, 7) is 1.17. The molecule has 15 heteroatoms. The maximum Gasteiger partial charge on any atom is 0.323 e. The number of amides is 3. The molecule has 0 saturated heterocycles. The fourth-order valence-electron chi connectivity index (χ4n) is 6.94. The van der Waals surface area contributed by atoms with Crippen LogP contribution in [0.1, 0.15) is 34.8 Å². The van der Waals surface area contributed by atoms with Gasteiger partial charge in [0.15, 0.2) is 22.9 Å². The van der Waals surface area contributed by atoms with Crippen LogP contribution in [0.25, 0.3) is 5.76 Å². The third kappa shape index (κ3) is 5.07. The first-order valence-electron chi connectivity index (χ1n) is 14.5. The number of ketones is 3. The first kappa shape index (κ1) is 33.1. The number of aliphatic hydroxyl groups excluding tert-OH is 2. The highest BCUT2D eigenvalue weighted by Crippen LogP contribution is 2.54. The normalized spacial score (nSPS) is 23.6. The molecule has 8 N–H and O–H groups in total. The van der Waals surface area contributed by atoms with Crippen molar-refractivity contribution in [2.45, 2.75) is 31.4 Å². The number of nitrogens with one attached hydrogen (secondary N) is 2. The number of fused-ring (bicyclic) bond motifs is 3. The number of likely N-dealkylation sites (N-methyl/N-ethyl adjacent to an activating group) is 1. The van der Waals surface area contributed by atoms with Gasteiger partial charge < -0.3 is 41.7 Å². The lowest BCUT2D eigenvalue weighted by Crippen LogP contribution is -2.65. The summed E-state index contributed by atoms with van der Waals surface area (Å²) < 4.78 is 14.0. The van der Waals surface area contributed by atoms with E-state index in [2.05, 4.69) is 10.6 Å². The maximum absolute atomic E-state index is 14.1. The minimum Gasteiger partial charge on any atom is -0.508 e. The molecule has 1 saturated carbocycles. The van der Waals surface area contributed by atoms with Gasteiger partial charge in [0, 0.05) is 37.0 Å². The van der Waals surface area contributed by atoms with E-state index in [0.717, 1.165) is 12.1 Å². The van der Waals surface area contributed by atoms with Crippen molar-refractivity contribution in [2.75, 3.05) is 43.7 Å². The largest absolute Gasteiger partial charge is 0.508 e. The summed E-state index contributed by atoms with van der Waals surface area (Å²) >= 11 is 0. The molecule has 1 fully saturated rings. The van der Waals surface area contributed by atoms with Crippen LogP contribution in [0.5, 0.6) is 5.75 Å². The molecule has 0 aliphatic heterocycles. The molecule has 248 valence electrons. The van der Waals surface area contributed by atoms with Crippen molar-refractivity contribution >= 4 is 52.1 Å². The number of rotatable bonds is 6. The number of benzene rings is 2. The molecule has 14 nitrogen and oxygen atoms in total. The van der Waals surface area contributed by atoms with Crippen LogP contribution in [0.4, 0.5) is 26.2 Å². The van der Waals surface area contributed by atoms with Gasteiger partial charge in [0.25, 0.3) is 5.91 Å². The number of aromatic hydroxyl groups is 1. The lowest BCUT2D eigenvalue weighted by Gasteiger charge is -2.50. The second kappa shape index (κ2) is 11.5. The highest BCUT2D eigenvalue weighted by atomic mass is 19.1. The third-order valence-corrected chi connectivity index (χ3v) is 9.03. The Labute approximate surface area is 268 Å². The lowest BCUT2D eigenvalue weighted by atomic mass is 9.57. The average Bonchev–Trinajstić information content (AvgIpc) is 2.96. The zero-order chi connectivity index (χ0) is 34.9. The van der Waals surface area contributed by atoms with Gasteiger partial charge in [0.2, 0.25) is 5.78 Å². The number of primary amides is 1. The van der Waals surface area contributed by atoms with Crippen molar-refractivity contribution in [1.82, 2.24) is 4.90 Å². The van der Waals surface area contributed by atoms with Crippen molar-refractivity contribution in [2.24, 2.45) is 17.6 Å². The van der Waals surface area contributed by atoms with Crippen LogP contribution in [-0.4, -0.2) is 94.4 Å². The summed E-state index contributed by atoms with van der Waals surface area (Å²) in [5.74, 6) is -9.25. The van der Waals surface area contributed by atoms with Crippen molar-refractivity contribution in [3.63, 3.8) is 0 Å². The highest BCUT2D eigenvalue weighted by Gasteiger charge is 2.64. The molecule has 5 rings (SSSR count). The molecular weight excluding hydrogens is 617 g/mol. The number of phenolic OH excluding ortho intramolecular Hbond substituents is 1. The number of urea groups is 1. The van der Waals surface area contributed by atoms with Crippen molar-refractivity contribution in [3.05, 3.63) is 63.7 Å². The highest BCUT2D eigenvalue weighted by molar-refractivity contribution is 6.24. The van der Waals surface area contributed by atoms with Gasteiger partial charge >= 0.3 is 6.03 Å². The molecule has 3 amide bonds. The number of hydrogen-bond acceptors (Lipinski definition) is 11. The molecule has 0 spiro atoms. The molecule has 0 bridgehead atoms. The zero-order valence-electron chi connectivity index (χ0n) is 26.1. The van der Waals surface area contributed by atoms with Gasteiger partial charge in [-0.15, -0.1) is 0 Å². The SMILES string of the molecule is CC(=O)c1cc(NC(=O)Nc2cc(N(C)C)c3c(c2O)C(O)=C2C(=O)C4(O)C(O)=C(C(N)=O)C(=O)C(N(C)C)C4CC2C3)ccc1F. The summed E-state index contributed by atoms with van der Waals surface area (Å²) in [5, 5.41) is 50.7. The number of carbonyl (C=O) groups is 5. The second-order valence-electron chi connectivity index (χ2n) is 12.3. The van der Waals surface area contributed by atoms with E-state index in [9.17, 15) is 48.8 Å². The molecule has 47 heavy (non-hydrogen) atoms. The van der Waals surface area contributed by atoms with Crippen LogP contribution >= 0.6 is 0 Å². The Morgan fingerprint density at radius 1 is 1.04 bits per heavy atom. The average molecular weight is 652 g/mol. The zero-order valence-corrected chi connectivity index (χ0v) is 26.1. The molecule has 2 aromatic rings. The smallest absolute Gasteiger partial charge is 0.323 e. The van der Waals surface area contributed by atoms with E-state index in [4.69, 9.17) is 5.73 Å².